The van der Waals surface area contributed by atoms with E-state index >= 15 is 0 Å². The number of carbonyl (C=O) groups is 1. The Morgan fingerprint density at radius 1 is 1.32 bits per heavy atom. The molecule has 3 rings (SSSR count). The largest absolute Gasteiger partial charge is 0.486 e. The van der Waals surface area contributed by atoms with Crippen LogP contribution < -0.4 is 9.47 Å². The fourth-order valence-electron chi connectivity index (χ4n) is 2.94. The topological polar surface area (TPSA) is 48.0 Å². The van der Waals surface area contributed by atoms with Crippen molar-refractivity contribution >= 4 is 5.91 Å². The van der Waals surface area contributed by atoms with Crippen LogP contribution in [0.25, 0.3) is 0 Å². The average Bonchev–Trinajstić information content (AvgIpc) is 3.08. The van der Waals surface area contributed by atoms with Crippen LogP contribution in [0.1, 0.15) is 26.2 Å². The second-order valence-electron chi connectivity index (χ2n) is 5.78. The molecule has 0 radical (unpaired) electrons. The number of amides is 1. The number of ether oxygens (including phenoxy) is 3. The van der Waals surface area contributed by atoms with Gasteiger partial charge in [-0.3, -0.25) is 4.79 Å². The van der Waals surface area contributed by atoms with Gasteiger partial charge in [-0.2, -0.15) is 0 Å². The molecule has 0 aliphatic carbocycles. The second kappa shape index (κ2) is 7.01. The van der Waals surface area contributed by atoms with Gasteiger partial charge in [0, 0.05) is 13.2 Å². The van der Waals surface area contributed by atoms with Crippen molar-refractivity contribution in [2.24, 2.45) is 0 Å². The molecule has 22 heavy (non-hydrogen) atoms. The molecular formula is C17H23NO4. The molecule has 120 valence electrons. The normalized spacial score (nSPS) is 23.3. The summed E-state index contributed by atoms with van der Waals surface area (Å²) in [4.78, 5) is 14.4. The Bertz CT molecular complexity index is 513. The summed E-state index contributed by atoms with van der Waals surface area (Å²) in [5.74, 6) is 1.60. The van der Waals surface area contributed by atoms with E-state index in [1.54, 1.807) is 0 Å². The second-order valence-corrected chi connectivity index (χ2v) is 5.78. The maximum absolute atomic E-state index is 12.6. The van der Waals surface area contributed by atoms with Crippen LogP contribution in [0.3, 0.4) is 0 Å². The molecule has 1 saturated heterocycles. The Kier molecular flexibility index (Phi) is 4.83. The number of carbonyl (C=O) groups excluding carboxylic acids is 1. The minimum absolute atomic E-state index is 0.0850. The summed E-state index contributed by atoms with van der Waals surface area (Å²) in [7, 11) is 0. The molecule has 0 saturated carbocycles. The predicted octanol–water partition coefficient (Wildman–Crippen LogP) is 2.24. The number of hydrogen-bond acceptors (Lipinski definition) is 4. The summed E-state index contributed by atoms with van der Waals surface area (Å²) in [6.07, 6.45) is 2.30. The molecule has 2 aliphatic heterocycles. The van der Waals surface area contributed by atoms with Crippen molar-refractivity contribution in [2.75, 3.05) is 26.3 Å². The summed E-state index contributed by atoms with van der Waals surface area (Å²) >= 11 is 0. The van der Waals surface area contributed by atoms with Crippen LogP contribution in [-0.2, 0) is 9.53 Å². The first-order valence-electron chi connectivity index (χ1n) is 8.07. The maximum Gasteiger partial charge on any atom is 0.251 e. The fourth-order valence-corrected chi connectivity index (χ4v) is 2.94. The molecule has 0 aromatic heterocycles. The van der Waals surface area contributed by atoms with Gasteiger partial charge in [0.05, 0.1) is 6.54 Å². The van der Waals surface area contributed by atoms with E-state index in [-0.39, 0.29) is 18.1 Å². The first-order chi connectivity index (χ1) is 10.8. The van der Waals surface area contributed by atoms with Crippen molar-refractivity contribution in [3.8, 4) is 11.5 Å². The molecule has 2 heterocycles. The van der Waals surface area contributed by atoms with Crippen molar-refractivity contribution in [3.63, 3.8) is 0 Å². The zero-order valence-electron chi connectivity index (χ0n) is 13.0. The van der Waals surface area contributed by atoms with E-state index in [1.165, 1.54) is 0 Å². The maximum atomic E-state index is 12.6. The Labute approximate surface area is 131 Å². The highest BCUT2D eigenvalue weighted by Crippen LogP contribution is 2.31. The lowest BCUT2D eigenvalue weighted by atomic mass is 10.2. The number of para-hydroxylation sites is 2. The molecule has 0 bridgehead atoms. The summed E-state index contributed by atoms with van der Waals surface area (Å²) in [5.41, 5.74) is 0. The van der Waals surface area contributed by atoms with E-state index in [9.17, 15) is 4.79 Å². The molecule has 2 atom stereocenters. The third kappa shape index (κ3) is 3.35. The fraction of sp³-hybridized carbons (Fsp3) is 0.588. The van der Waals surface area contributed by atoms with Crippen LogP contribution in [-0.4, -0.2) is 49.3 Å². The summed E-state index contributed by atoms with van der Waals surface area (Å²) in [6, 6.07) is 7.64. The molecule has 2 aliphatic rings. The number of rotatable bonds is 5. The minimum Gasteiger partial charge on any atom is -0.486 e. The molecule has 1 aromatic rings. The van der Waals surface area contributed by atoms with E-state index in [2.05, 4.69) is 6.92 Å². The van der Waals surface area contributed by atoms with Gasteiger partial charge in [0.15, 0.2) is 17.6 Å². The molecule has 1 fully saturated rings. The molecule has 1 amide bonds. The van der Waals surface area contributed by atoms with E-state index in [4.69, 9.17) is 14.2 Å². The minimum atomic E-state index is -0.275. The van der Waals surface area contributed by atoms with Crippen molar-refractivity contribution < 1.29 is 19.0 Å². The zero-order valence-corrected chi connectivity index (χ0v) is 13.0. The van der Waals surface area contributed by atoms with Gasteiger partial charge in [-0.05, 0) is 31.4 Å². The molecule has 5 nitrogen and oxygen atoms in total. The van der Waals surface area contributed by atoms with E-state index in [1.807, 2.05) is 29.2 Å². The highest BCUT2D eigenvalue weighted by molar-refractivity contribution is 5.81. The van der Waals surface area contributed by atoms with Gasteiger partial charge < -0.3 is 19.1 Å². The van der Waals surface area contributed by atoms with Gasteiger partial charge >= 0.3 is 0 Å². The highest BCUT2D eigenvalue weighted by atomic mass is 16.6. The van der Waals surface area contributed by atoms with E-state index in [0.717, 1.165) is 37.3 Å². The third-order valence-electron chi connectivity index (χ3n) is 4.00. The lowest BCUT2D eigenvalue weighted by Crippen LogP contribution is -2.47. The first kappa shape index (κ1) is 15.2. The van der Waals surface area contributed by atoms with Gasteiger partial charge in [-0.1, -0.05) is 19.1 Å². The SMILES string of the molecule is CCCN(CC1COc2ccccc2O1)C(=O)C1CCCO1. The van der Waals surface area contributed by atoms with Crippen LogP contribution in [0.15, 0.2) is 24.3 Å². The Morgan fingerprint density at radius 2 is 2.14 bits per heavy atom. The quantitative estimate of drug-likeness (QED) is 0.837. The lowest BCUT2D eigenvalue weighted by molar-refractivity contribution is -0.142. The molecule has 0 spiro atoms. The lowest BCUT2D eigenvalue weighted by Gasteiger charge is -2.32. The van der Waals surface area contributed by atoms with Crippen LogP contribution >= 0.6 is 0 Å². The Morgan fingerprint density at radius 3 is 2.86 bits per heavy atom. The number of benzene rings is 1. The van der Waals surface area contributed by atoms with Gasteiger partial charge in [0.25, 0.3) is 5.91 Å². The van der Waals surface area contributed by atoms with Gasteiger partial charge in [-0.25, -0.2) is 0 Å². The van der Waals surface area contributed by atoms with Crippen molar-refractivity contribution in [2.45, 2.75) is 38.4 Å². The van der Waals surface area contributed by atoms with E-state index in [0.29, 0.717) is 19.8 Å². The Hall–Kier alpha value is -1.75. The van der Waals surface area contributed by atoms with Gasteiger partial charge in [-0.15, -0.1) is 0 Å². The third-order valence-corrected chi connectivity index (χ3v) is 4.00. The zero-order chi connectivity index (χ0) is 15.4. The first-order valence-corrected chi connectivity index (χ1v) is 8.07. The van der Waals surface area contributed by atoms with E-state index < -0.39 is 0 Å². The van der Waals surface area contributed by atoms with Crippen molar-refractivity contribution in [1.29, 1.82) is 0 Å². The van der Waals surface area contributed by atoms with Crippen LogP contribution in [0.5, 0.6) is 11.5 Å². The van der Waals surface area contributed by atoms with Crippen LogP contribution in [0, 0.1) is 0 Å². The molecule has 5 heteroatoms. The van der Waals surface area contributed by atoms with Gasteiger partial charge in [0.2, 0.25) is 0 Å². The van der Waals surface area contributed by atoms with Crippen molar-refractivity contribution in [3.05, 3.63) is 24.3 Å². The summed E-state index contributed by atoms with van der Waals surface area (Å²) in [5, 5.41) is 0. The standard InChI is InChI=1S/C17H23NO4/c1-2-9-18(17(19)16-8-5-10-20-16)11-13-12-21-14-6-3-4-7-15(14)22-13/h3-4,6-7,13,16H,2,5,8-12H2,1H3. The van der Waals surface area contributed by atoms with Crippen LogP contribution in [0.2, 0.25) is 0 Å². The highest BCUT2D eigenvalue weighted by Gasteiger charge is 2.31. The molecule has 0 N–H and O–H groups in total. The molecule has 2 unspecified atom stereocenters. The van der Waals surface area contributed by atoms with Gasteiger partial charge in [0.1, 0.15) is 12.7 Å². The predicted molar refractivity (Wildman–Crippen MR) is 82.2 cm³/mol. The average molecular weight is 305 g/mol. The number of nitrogens with zero attached hydrogens (tertiary/aromatic N) is 1. The molecule has 1 aromatic carbocycles. The summed E-state index contributed by atoms with van der Waals surface area (Å²) < 4.78 is 17.2. The smallest absolute Gasteiger partial charge is 0.251 e. The van der Waals surface area contributed by atoms with Crippen LogP contribution in [0.4, 0.5) is 0 Å². The Balaban J connectivity index is 1.63. The monoisotopic (exact) mass is 305 g/mol. The van der Waals surface area contributed by atoms with Crippen molar-refractivity contribution in [1.82, 2.24) is 4.90 Å². The number of fused-ring (bicyclic) bond motifs is 1. The number of hydrogen-bond donors (Lipinski definition) is 0. The summed E-state index contributed by atoms with van der Waals surface area (Å²) in [6.45, 7) is 4.49. The molecular weight excluding hydrogens is 282 g/mol.